The van der Waals surface area contributed by atoms with Crippen molar-refractivity contribution >= 4 is 0 Å². The first-order valence-electron chi connectivity index (χ1n) is 3.85. The van der Waals surface area contributed by atoms with Gasteiger partial charge in [-0.1, -0.05) is 27.7 Å². The fraction of sp³-hybridized carbons (Fsp3) is 1.00. The van der Waals surface area contributed by atoms with E-state index in [0.717, 1.165) is 13.2 Å². The second kappa shape index (κ2) is 10.9. The topological polar surface area (TPSA) is 9.23 Å². The van der Waals surface area contributed by atoms with Gasteiger partial charge in [0.15, 0.2) is 0 Å². The van der Waals surface area contributed by atoms with Crippen molar-refractivity contribution in [1.29, 1.82) is 0 Å². The Labute approximate surface area is 59.4 Å². The predicted octanol–water partition coefficient (Wildman–Crippen LogP) is 2.71. The average molecular weight is 132 g/mol. The number of rotatable bonds is 3. The van der Waals surface area contributed by atoms with Gasteiger partial charge in [0.2, 0.25) is 0 Å². The lowest BCUT2D eigenvalue weighted by Gasteiger charge is -2.01. The molecule has 0 fully saturated rings. The van der Waals surface area contributed by atoms with Gasteiger partial charge in [0.1, 0.15) is 0 Å². The minimum Gasteiger partial charge on any atom is -0.381 e. The van der Waals surface area contributed by atoms with Crippen molar-refractivity contribution in [3.63, 3.8) is 0 Å². The minimum absolute atomic E-state index is 0.681. The molecule has 58 valence electrons. The lowest BCUT2D eigenvalue weighted by atomic mass is 10.2. The van der Waals surface area contributed by atoms with E-state index in [1.807, 2.05) is 20.8 Å². The molecule has 0 rings (SSSR count). The molecule has 1 heteroatoms. The minimum atomic E-state index is 0.681. The molecule has 1 nitrogen and oxygen atoms in total. The Morgan fingerprint density at radius 3 is 1.78 bits per heavy atom. The third kappa shape index (κ3) is 18.0. The maximum atomic E-state index is 5.09. The predicted molar refractivity (Wildman–Crippen MR) is 42.7 cm³/mol. The van der Waals surface area contributed by atoms with E-state index in [1.165, 1.54) is 0 Å². The molecule has 0 aromatic carbocycles. The summed E-state index contributed by atoms with van der Waals surface area (Å²) in [5.41, 5.74) is 0. The smallest absolute Gasteiger partial charge is 0.0488 e. The summed E-state index contributed by atoms with van der Waals surface area (Å²) in [5.74, 6) is 0.681. The summed E-state index contributed by atoms with van der Waals surface area (Å²) in [5, 5.41) is 0. The van der Waals surface area contributed by atoms with Gasteiger partial charge in [0.05, 0.1) is 0 Å². The molecule has 0 N–H and O–H groups in total. The molecule has 0 saturated heterocycles. The Balaban J connectivity index is 0. The first kappa shape index (κ1) is 11.7. The van der Waals surface area contributed by atoms with Crippen LogP contribution in [0.5, 0.6) is 0 Å². The van der Waals surface area contributed by atoms with E-state index in [1.54, 1.807) is 0 Å². The largest absolute Gasteiger partial charge is 0.381 e. The Kier molecular flexibility index (Phi) is 14.1. The zero-order valence-corrected chi connectivity index (χ0v) is 7.40. The van der Waals surface area contributed by atoms with E-state index in [4.69, 9.17) is 4.74 Å². The van der Waals surface area contributed by atoms with Crippen molar-refractivity contribution in [1.82, 2.24) is 0 Å². The summed E-state index contributed by atoms with van der Waals surface area (Å²) in [6.07, 6.45) is 0. The summed E-state index contributed by atoms with van der Waals surface area (Å²) in [6.45, 7) is 12.1. The highest BCUT2D eigenvalue weighted by atomic mass is 16.5. The van der Waals surface area contributed by atoms with Gasteiger partial charge in [-0.15, -0.1) is 0 Å². The van der Waals surface area contributed by atoms with E-state index in [2.05, 4.69) is 13.8 Å². The molecule has 0 aromatic rings. The maximum Gasteiger partial charge on any atom is 0.0488 e. The normalized spacial score (nSPS) is 8.67. The van der Waals surface area contributed by atoms with Crippen LogP contribution in [0.25, 0.3) is 0 Å². The van der Waals surface area contributed by atoms with Crippen LogP contribution in [0.2, 0.25) is 0 Å². The monoisotopic (exact) mass is 132 g/mol. The lowest BCUT2D eigenvalue weighted by molar-refractivity contribution is 0.122. The summed E-state index contributed by atoms with van der Waals surface area (Å²) in [6, 6.07) is 0. The molecule has 0 bridgehead atoms. The van der Waals surface area contributed by atoms with E-state index in [9.17, 15) is 0 Å². The third-order valence-corrected chi connectivity index (χ3v) is 0.655. The molecule has 0 radical (unpaired) electrons. The van der Waals surface area contributed by atoms with Crippen LogP contribution in [-0.4, -0.2) is 13.2 Å². The fourth-order valence-corrected chi connectivity index (χ4v) is 0.354. The summed E-state index contributed by atoms with van der Waals surface area (Å²) < 4.78 is 5.09. The van der Waals surface area contributed by atoms with Crippen molar-refractivity contribution < 1.29 is 4.74 Å². The van der Waals surface area contributed by atoms with Crippen LogP contribution in [-0.2, 0) is 4.74 Å². The molecule has 0 amide bonds. The van der Waals surface area contributed by atoms with E-state index in [0.29, 0.717) is 5.92 Å². The zero-order chi connectivity index (χ0) is 7.70. The van der Waals surface area contributed by atoms with Gasteiger partial charge in [0, 0.05) is 13.2 Å². The van der Waals surface area contributed by atoms with Crippen LogP contribution < -0.4 is 0 Å². The summed E-state index contributed by atoms with van der Waals surface area (Å²) >= 11 is 0. The SMILES string of the molecule is CC.CCOCC(C)C. The van der Waals surface area contributed by atoms with Crippen LogP contribution in [0, 0.1) is 5.92 Å². The molecule has 0 aromatic heterocycles. The Morgan fingerprint density at radius 1 is 1.22 bits per heavy atom. The number of hydrogen-bond donors (Lipinski definition) is 0. The van der Waals surface area contributed by atoms with Crippen molar-refractivity contribution in [3.8, 4) is 0 Å². The van der Waals surface area contributed by atoms with Gasteiger partial charge >= 0.3 is 0 Å². The van der Waals surface area contributed by atoms with Crippen molar-refractivity contribution in [2.24, 2.45) is 5.92 Å². The van der Waals surface area contributed by atoms with Crippen LogP contribution in [0.1, 0.15) is 34.6 Å². The second-order valence-corrected chi connectivity index (χ2v) is 2.05. The van der Waals surface area contributed by atoms with Crippen LogP contribution in [0.4, 0.5) is 0 Å². The molecule has 0 heterocycles. The molecule has 0 saturated carbocycles. The Bertz CT molecular complexity index is 33.5. The highest BCUT2D eigenvalue weighted by Gasteiger charge is 1.88. The molecule has 0 atom stereocenters. The lowest BCUT2D eigenvalue weighted by Crippen LogP contribution is -2.00. The first-order valence-corrected chi connectivity index (χ1v) is 3.85. The molecular formula is C8H20O. The number of hydrogen-bond acceptors (Lipinski definition) is 1. The number of ether oxygens (including phenoxy) is 1. The third-order valence-electron chi connectivity index (χ3n) is 0.655. The van der Waals surface area contributed by atoms with Crippen LogP contribution in [0.3, 0.4) is 0 Å². The van der Waals surface area contributed by atoms with Gasteiger partial charge in [0.25, 0.3) is 0 Å². The Morgan fingerprint density at radius 2 is 1.67 bits per heavy atom. The molecule has 0 unspecified atom stereocenters. The summed E-state index contributed by atoms with van der Waals surface area (Å²) in [7, 11) is 0. The maximum absolute atomic E-state index is 5.09. The summed E-state index contributed by atoms with van der Waals surface area (Å²) in [4.78, 5) is 0. The van der Waals surface area contributed by atoms with Crippen molar-refractivity contribution in [2.45, 2.75) is 34.6 Å². The van der Waals surface area contributed by atoms with Crippen LogP contribution in [0.15, 0.2) is 0 Å². The highest BCUT2D eigenvalue weighted by molar-refractivity contribution is 4.36. The Hall–Kier alpha value is -0.0400. The fourth-order valence-electron chi connectivity index (χ4n) is 0.354. The van der Waals surface area contributed by atoms with E-state index in [-0.39, 0.29) is 0 Å². The quantitative estimate of drug-likeness (QED) is 0.573. The molecule has 0 aliphatic rings. The first-order chi connectivity index (χ1) is 4.27. The average Bonchev–Trinajstić information content (AvgIpc) is 1.88. The van der Waals surface area contributed by atoms with Gasteiger partial charge in [-0.2, -0.15) is 0 Å². The van der Waals surface area contributed by atoms with Crippen molar-refractivity contribution in [3.05, 3.63) is 0 Å². The van der Waals surface area contributed by atoms with Gasteiger partial charge in [-0.05, 0) is 12.8 Å². The van der Waals surface area contributed by atoms with Gasteiger partial charge in [-0.3, -0.25) is 0 Å². The highest BCUT2D eigenvalue weighted by Crippen LogP contribution is 1.90. The van der Waals surface area contributed by atoms with Crippen LogP contribution >= 0.6 is 0 Å². The second-order valence-electron chi connectivity index (χ2n) is 2.05. The van der Waals surface area contributed by atoms with E-state index < -0.39 is 0 Å². The molecule has 0 aliphatic heterocycles. The standard InChI is InChI=1S/C6H14O.C2H6/c1-4-7-5-6(2)3;1-2/h6H,4-5H2,1-3H3;1-2H3. The van der Waals surface area contributed by atoms with Gasteiger partial charge < -0.3 is 4.74 Å². The molecular weight excluding hydrogens is 112 g/mol. The van der Waals surface area contributed by atoms with Crippen molar-refractivity contribution in [2.75, 3.05) is 13.2 Å². The van der Waals surface area contributed by atoms with Gasteiger partial charge in [-0.25, -0.2) is 0 Å². The van der Waals surface area contributed by atoms with E-state index >= 15 is 0 Å². The molecule has 0 spiro atoms. The molecule has 0 aliphatic carbocycles. The zero-order valence-electron chi connectivity index (χ0n) is 7.40. The molecule has 9 heavy (non-hydrogen) atoms.